The van der Waals surface area contributed by atoms with E-state index in [4.69, 9.17) is 0 Å². The van der Waals surface area contributed by atoms with E-state index in [9.17, 15) is 4.79 Å². The molecule has 0 aliphatic carbocycles. The maximum Gasteiger partial charge on any atom is 0.235 e. The third-order valence-corrected chi connectivity index (χ3v) is 4.57. The van der Waals surface area contributed by atoms with Crippen LogP contribution in [0.15, 0.2) is 30.5 Å². The summed E-state index contributed by atoms with van der Waals surface area (Å²) in [5.41, 5.74) is 7.45. The third kappa shape index (κ3) is 3.29. The van der Waals surface area contributed by atoms with Crippen molar-refractivity contribution in [2.24, 2.45) is 0 Å². The van der Waals surface area contributed by atoms with Gasteiger partial charge in [-0.15, -0.1) is 0 Å². The van der Waals surface area contributed by atoms with Gasteiger partial charge in [-0.3, -0.25) is 24.8 Å². The summed E-state index contributed by atoms with van der Waals surface area (Å²) >= 11 is 0. The topological polar surface area (TPSA) is 50.2 Å². The Bertz CT molecular complexity index is 693. The highest BCUT2D eigenvalue weighted by molar-refractivity contribution is 5.81. The van der Waals surface area contributed by atoms with Crippen LogP contribution >= 0.6 is 0 Å². The van der Waals surface area contributed by atoms with Crippen LogP contribution in [0.3, 0.4) is 0 Å². The summed E-state index contributed by atoms with van der Waals surface area (Å²) in [6, 6.07) is 8.69. The van der Waals surface area contributed by atoms with Crippen molar-refractivity contribution in [2.75, 3.05) is 12.0 Å². The molecular formula is C18H24N4O. The Morgan fingerprint density at radius 1 is 1.39 bits per heavy atom. The Morgan fingerprint density at radius 3 is 2.91 bits per heavy atom. The van der Waals surface area contributed by atoms with Crippen molar-refractivity contribution in [3.05, 3.63) is 53.1 Å². The fourth-order valence-corrected chi connectivity index (χ4v) is 3.46. The largest absolute Gasteiger partial charge is 0.290 e. The van der Waals surface area contributed by atoms with Crippen molar-refractivity contribution < 1.29 is 4.79 Å². The van der Waals surface area contributed by atoms with Gasteiger partial charge in [0.05, 0.1) is 11.7 Å². The molecule has 0 aromatic carbocycles. The lowest BCUT2D eigenvalue weighted by Crippen LogP contribution is -2.25. The number of likely N-dealkylation sites (tertiary alicyclic amines) is 1. The van der Waals surface area contributed by atoms with Crippen LogP contribution in [0.25, 0.3) is 0 Å². The molecule has 3 heterocycles. The Hall–Kier alpha value is -2.14. The van der Waals surface area contributed by atoms with Gasteiger partial charge in [0, 0.05) is 31.1 Å². The molecule has 1 amide bonds. The molecule has 1 atom stereocenters. The maximum absolute atomic E-state index is 11.4. The Labute approximate surface area is 137 Å². The van der Waals surface area contributed by atoms with Crippen LogP contribution in [0.5, 0.6) is 0 Å². The lowest BCUT2D eigenvalue weighted by molar-refractivity contribution is -0.115. The number of hydrogen-bond acceptors (Lipinski definition) is 3. The predicted molar refractivity (Wildman–Crippen MR) is 90.6 cm³/mol. The van der Waals surface area contributed by atoms with Gasteiger partial charge in [-0.1, -0.05) is 6.07 Å². The molecule has 0 bridgehead atoms. The minimum atomic E-state index is -0.0501. The molecule has 2 aromatic rings. The zero-order valence-electron chi connectivity index (χ0n) is 14.0. The number of aromatic nitrogens is 2. The van der Waals surface area contributed by atoms with Crippen LogP contribution in [0.4, 0.5) is 0 Å². The molecule has 0 saturated carbocycles. The number of carbonyl (C=O) groups excluding carboxylic acids is 1. The van der Waals surface area contributed by atoms with Crippen molar-refractivity contribution in [1.29, 1.82) is 0 Å². The van der Waals surface area contributed by atoms with Crippen molar-refractivity contribution in [2.45, 2.75) is 46.2 Å². The Kier molecular flexibility index (Phi) is 4.48. The van der Waals surface area contributed by atoms with Crippen LogP contribution in [-0.4, -0.2) is 27.0 Å². The predicted octanol–water partition coefficient (Wildman–Crippen LogP) is 2.93. The molecule has 1 saturated heterocycles. The second kappa shape index (κ2) is 6.54. The minimum absolute atomic E-state index is 0.0501. The second-order valence-electron chi connectivity index (χ2n) is 6.28. The molecule has 1 N–H and O–H groups in total. The molecule has 0 radical (unpaired) electrons. The zero-order valence-corrected chi connectivity index (χ0v) is 14.0. The van der Waals surface area contributed by atoms with Gasteiger partial charge in [0.1, 0.15) is 0 Å². The van der Waals surface area contributed by atoms with E-state index in [1.54, 1.807) is 0 Å². The van der Waals surface area contributed by atoms with Crippen LogP contribution in [0.1, 0.15) is 48.5 Å². The Morgan fingerprint density at radius 2 is 2.22 bits per heavy atom. The second-order valence-corrected chi connectivity index (χ2v) is 6.28. The minimum Gasteiger partial charge on any atom is -0.290 e. The number of nitrogens with zero attached hydrogens (tertiary/aromatic N) is 3. The number of pyridine rings is 1. The summed E-state index contributed by atoms with van der Waals surface area (Å²) < 4.78 is 1.88. The Balaban J connectivity index is 1.80. The van der Waals surface area contributed by atoms with Crippen LogP contribution in [0, 0.1) is 13.8 Å². The number of aryl methyl sites for hydroxylation is 1. The van der Waals surface area contributed by atoms with E-state index in [-0.39, 0.29) is 5.91 Å². The van der Waals surface area contributed by atoms with E-state index in [0.717, 1.165) is 36.6 Å². The smallest absolute Gasteiger partial charge is 0.235 e. The molecule has 122 valence electrons. The van der Waals surface area contributed by atoms with Gasteiger partial charge in [-0.05, 0) is 57.0 Å². The fourth-order valence-electron chi connectivity index (χ4n) is 3.46. The first-order chi connectivity index (χ1) is 11.1. The molecule has 5 nitrogen and oxygen atoms in total. The van der Waals surface area contributed by atoms with Gasteiger partial charge in [0.25, 0.3) is 0 Å². The first-order valence-electron chi connectivity index (χ1n) is 8.16. The SMILES string of the molecule is CC(=O)Nn1c(C)cc(CN2CCC[C@@H]2c2ccccn2)c1C. The fraction of sp³-hybridized carbons (Fsp3) is 0.444. The number of carbonyl (C=O) groups is 1. The number of nitrogens with one attached hydrogen (secondary N) is 1. The molecule has 5 heteroatoms. The molecule has 1 aliphatic heterocycles. The lowest BCUT2D eigenvalue weighted by atomic mass is 10.1. The molecular weight excluding hydrogens is 288 g/mol. The summed E-state index contributed by atoms with van der Waals surface area (Å²) in [6.07, 6.45) is 4.22. The molecule has 2 aromatic heterocycles. The van der Waals surface area contributed by atoms with Gasteiger partial charge in [0.15, 0.2) is 0 Å². The standard InChI is InChI=1S/C18H24N4O/c1-13-11-16(14(2)22(13)20-15(3)23)12-21-10-6-8-18(21)17-7-4-5-9-19-17/h4-5,7,9,11,18H,6,8,10,12H2,1-3H3,(H,20,23)/t18-/m1/s1. The van der Waals surface area contributed by atoms with Gasteiger partial charge < -0.3 is 0 Å². The van der Waals surface area contributed by atoms with Crippen LogP contribution < -0.4 is 5.43 Å². The summed E-state index contributed by atoms with van der Waals surface area (Å²) in [6.45, 7) is 7.60. The highest BCUT2D eigenvalue weighted by atomic mass is 16.2. The van der Waals surface area contributed by atoms with Crippen molar-refractivity contribution in [1.82, 2.24) is 14.6 Å². The summed E-state index contributed by atoms with van der Waals surface area (Å²) in [5, 5.41) is 0. The normalized spacial score (nSPS) is 18.3. The molecule has 1 fully saturated rings. The quantitative estimate of drug-likeness (QED) is 0.944. The average Bonchev–Trinajstić information content (AvgIpc) is 3.09. The molecule has 23 heavy (non-hydrogen) atoms. The third-order valence-electron chi connectivity index (χ3n) is 4.57. The highest BCUT2D eigenvalue weighted by Gasteiger charge is 2.27. The number of amides is 1. The van der Waals surface area contributed by atoms with Gasteiger partial charge in [-0.2, -0.15) is 0 Å². The van der Waals surface area contributed by atoms with Crippen LogP contribution in [0.2, 0.25) is 0 Å². The van der Waals surface area contributed by atoms with E-state index < -0.39 is 0 Å². The van der Waals surface area contributed by atoms with Gasteiger partial charge >= 0.3 is 0 Å². The molecule has 1 aliphatic rings. The summed E-state index contributed by atoms with van der Waals surface area (Å²) in [7, 11) is 0. The highest BCUT2D eigenvalue weighted by Crippen LogP contribution is 2.32. The lowest BCUT2D eigenvalue weighted by Gasteiger charge is -2.24. The van der Waals surface area contributed by atoms with E-state index in [1.807, 2.05) is 23.9 Å². The van der Waals surface area contributed by atoms with Crippen molar-refractivity contribution in [3.8, 4) is 0 Å². The van der Waals surface area contributed by atoms with Crippen molar-refractivity contribution in [3.63, 3.8) is 0 Å². The monoisotopic (exact) mass is 312 g/mol. The number of rotatable bonds is 4. The van der Waals surface area contributed by atoms with E-state index in [1.165, 1.54) is 18.9 Å². The maximum atomic E-state index is 11.4. The summed E-state index contributed by atoms with van der Waals surface area (Å²) in [4.78, 5) is 18.4. The summed E-state index contributed by atoms with van der Waals surface area (Å²) in [5.74, 6) is -0.0501. The molecule has 0 unspecified atom stereocenters. The molecule has 3 rings (SSSR count). The first kappa shape index (κ1) is 15.7. The van der Waals surface area contributed by atoms with Crippen LogP contribution in [-0.2, 0) is 11.3 Å². The van der Waals surface area contributed by atoms with E-state index >= 15 is 0 Å². The van der Waals surface area contributed by atoms with Crippen molar-refractivity contribution >= 4 is 5.91 Å². The first-order valence-corrected chi connectivity index (χ1v) is 8.16. The molecule has 0 spiro atoms. The van der Waals surface area contributed by atoms with Gasteiger partial charge in [-0.25, -0.2) is 0 Å². The van der Waals surface area contributed by atoms with E-state index in [2.05, 4.69) is 40.4 Å². The van der Waals surface area contributed by atoms with Gasteiger partial charge in [0.2, 0.25) is 5.91 Å². The number of hydrogen-bond donors (Lipinski definition) is 1. The van der Waals surface area contributed by atoms with E-state index in [0.29, 0.717) is 6.04 Å². The average molecular weight is 312 g/mol. The zero-order chi connectivity index (χ0) is 16.4.